The van der Waals surface area contributed by atoms with Gasteiger partial charge in [0.25, 0.3) is 5.56 Å². The van der Waals surface area contributed by atoms with E-state index in [9.17, 15) is 9.18 Å². The summed E-state index contributed by atoms with van der Waals surface area (Å²) in [6, 6.07) is 10.4. The second-order valence-electron chi connectivity index (χ2n) is 5.40. The van der Waals surface area contributed by atoms with Crippen molar-refractivity contribution in [2.45, 2.75) is 19.5 Å². The summed E-state index contributed by atoms with van der Waals surface area (Å²) in [5.41, 5.74) is 1.16. The summed E-state index contributed by atoms with van der Waals surface area (Å²) in [6.45, 7) is 1.31. The van der Waals surface area contributed by atoms with Gasteiger partial charge in [0, 0.05) is 22.7 Å². The highest BCUT2D eigenvalue weighted by atomic mass is 35.5. The number of alkyl halides is 1. The molecule has 0 amide bonds. The van der Waals surface area contributed by atoms with Crippen molar-refractivity contribution < 1.29 is 4.39 Å². The van der Waals surface area contributed by atoms with Gasteiger partial charge < -0.3 is 5.32 Å². The average Bonchev–Trinajstić information content (AvgIpc) is 2.58. The monoisotopic (exact) mass is 346 g/mol. The van der Waals surface area contributed by atoms with E-state index in [1.807, 2.05) is 31.2 Å². The van der Waals surface area contributed by atoms with Crippen LogP contribution < -0.4 is 10.9 Å². The number of hydrogen-bond acceptors (Lipinski definition) is 4. The number of pyridine rings is 1. The van der Waals surface area contributed by atoms with E-state index in [0.29, 0.717) is 22.0 Å². The molecule has 1 aromatic carbocycles. The van der Waals surface area contributed by atoms with Crippen LogP contribution in [0.1, 0.15) is 18.5 Å². The normalized spacial score (nSPS) is 12.3. The topological polar surface area (TPSA) is 59.8 Å². The Labute approximate surface area is 143 Å². The van der Waals surface area contributed by atoms with Gasteiger partial charge in [-0.15, -0.1) is 0 Å². The number of anilines is 1. The maximum Gasteiger partial charge on any atom is 0.252 e. The Kier molecular flexibility index (Phi) is 4.76. The van der Waals surface area contributed by atoms with E-state index in [4.69, 9.17) is 11.6 Å². The van der Waals surface area contributed by atoms with Gasteiger partial charge in [-0.25, -0.2) is 9.37 Å². The van der Waals surface area contributed by atoms with Gasteiger partial charge in [-0.1, -0.05) is 23.7 Å². The molecule has 0 fully saturated rings. The van der Waals surface area contributed by atoms with E-state index in [1.165, 1.54) is 10.6 Å². The molecular formula is C17H16ClFN4O. The summed E-state index contributed by atoms with van der Waals surface area (Å²) >= 11 is 5.90. The lowest BCUT2D eigenvalue weighted by Gasteiger charge is -2.15. The van der Waals surface area contributed by atoms with E-state index in [0.717, 1.165) is 5.56 Å². The van der Waals surface area contributed by atoms with Gasteiger partial charge in [0.15, 0.2) is 0 Å². The minimum absolute atomic E-state index is 0.0284. The first kappa shape index (κ1) is 16.4. The zero-order valence-electron chi connectivity index (χ0n) is 13.0. The van der Waals surface area contributed by atoms with Crippen LogP contribution in [0.4, 0.5) is 10.3 Å². The molecule has 0 spiro atoms. The van der Waals surface area contributed by atoms with Crippen molar-refractivity contribution in [3.8, 4) is 0 Å². The van der Waals surface area contributed by atoms with Crippen molar-refractivity contribution in [2.75, 3.05) is 12.0 Å². The minimum Gasteiger partial charge on any atom is -0.348 e. The van der Waals surface area contributed by atoms with E-state index < -0.39 is 6.67 Å². The number of nitrogens with one attached hydrogen (secondary N) is 1. The first-order chi connectivity index (χ1) is 11.6. The van der Waals surface area contributed by atoms with Crippen LogP contribution in [-0.4, -0.2) is 21.2 Å². The molecule has 0 unspecified atom stereocenters. The molecule has 0 saturated heterocycles. The van der Waals surface area contributed by atoms with Crippen molar-refractivity contribution in [1.82, 2.24) is 14.5 Å². The SMILES string of the molecule is C[C@H](Nc1ncc2ccc(=O)n(CCF)c2n1)c1ccc(Cl)cc1. The molecule has 0 aliphatic rings. The Morgan fingerprint density at radius 2 is 2.00 bits per heavy atom. The van der Waals surface area contributed by atoms with Crippen LogP contribution in [0.15, 0.2) is 47.4 Å². The molecule has 3 aromatic rings. The number of halogens is 2. The number of aromatic nitrogens is 3. The third-order valence-corrected chi connectivity index (χ3v) is 4.00. The Morgan fingerprint density at radius 1 is 1.25 bits per heavy atom. The molecule has 0 bridgehead atoms. The van der Waals surface area contributed by atoms with Gasteiger partial charge in [0.2, 0.25) is 5.95 Å². The Bertz CT molecular complexity index is 911. The van der Waals surface area contributed by atoms with Crippen molar-refractivity contribution in [2.24, 2.45) is 0 Å². The first-order valence-electron chi connectivity index (χ1n) is 7.53. The van der Waals surface area contributed by atoms with Gasteiger partial charge in [-0.05, 0) is 30.7 Å². The maximum absolute atomic E-state index is 12.7. The smallest absolute Gasteiger partial charge is 0.252 e. The lowest BCUT2D eigenvalue weighted by atomic mass is 10.1. The quantitative estimate of drug-likeness (QED) is 0.767. The van der Waals surface area contributed by atoms with Crippen molar-refractivity contribution in [3.63, 3.8) is 0 Å². The number of rotatable bonds is 5. The largest absolute Gasteiger partial charge is 0.348 e. The van der Waals surface area contributed by atoms with Crippen LogP contribution in [0.3, 0.4) is 0 Å². The molecule has 0 aliphatic heterocycles. The molecule has 2 heterocycles. The van der Waals surface area contributed by atoms with E-state index in [-0.39, 0.29) is 18.1 Å². The number of fused-ring (bicyclic) bond motifs is 1. The van der Waals surface area contributed by atoms with Crippen LogP contribution in [0.5, 0.6) is 0 Å². The molecule has 0 radical (unpaired) electrons. The zero-order chi connectivity index (χ0) is 17.1. The lowest BCUT2D eigenvalue weighted by Crippen LogP contribution is -2.21. The number of aryl methyl sites for hydroxylation is 1. The van der Waals surface area contributed by atoms with E-state index in [1.54, 1.807) is 12.3 Å². The summed E-state index contributed by atoms with van der Waals surface area (Å²) in [4.78, 5) is 20.6. The summed E-state index contributed by atoms with van der Waals surface area (Å²) < 4.78 is 14.0. The van der Waals surface area contributed by atoms with Gasteiger partial charge in [-0.2, -0.15) is 4.98 Å². The average molecular weight is 347 g/mol. The summed E-state index contributed by atoms with van der Waals surface area (Å²) in [5.74, 6) is 0.378. The Hall–Kier alpha value is -2.47. The molecule has 0 saturated carbocycles. The zero-order valence-corrected chi connectivity index (χ0v) is 13.8. The van der Waals surface area contributed by atoms with Gasteiger partial charge in [0.05, 0.1) is 12.6 Å². The molecule has 2 aromatic heterocycles. The van der Waals surface area contributed by atoms with Crippen LogP contribution in [-0.2, 0) is 6.54 Å². The van der Waals surface area contributed by atoms with Gasteiger partial charge in [0.1, 0.15) is 12.3 Å². The molecule has 24 heavy (non-hydrogen) atoms. The summed E-state index contributed by atoms with van der Waals surface area (Å²) in [5, 5.41) is 4.54. The van der Waals surface area contributed by atoms with Gasteiger partial charge >= 0.3 is 0 Å². The van der Waals surface area contributed by atoms with Crippen molar-refractivity contribution in [3.05, 3.63) is 63.5 Å². The maximum atomic E-state index is 12.7. The molecule has 7 heteroatoms. The van der Waals surface area contributed by atoms with E-state index >= 15 is 0 Å². The highest BCUT2D eigenvalue weighted by Crippen LogP contribution is 2.20. The summed E-state index contributed by atoms with van der Waals surface area (Å²) in [6.07, 6.45) is 1.62. The molecule has 1 atom stereocenters. The second kappa shape index (κ2) is 6.97. The van der Waals surface area contributed by atoms with Crippen molar-refractivity contribution >= 4 is 28.6 Å². The lowest BCUT2D eigenvalue weighted by molar-refractivity contribution is 0.445. The fourth-order valence-corrected chi connectivity index (χ4v) is 2.60. The molecule has 5 nitrogen and oxygen atoms in total. The fraction of sp³-hybridized carbons (Fsp3) is 0.235. The third-order valence-electron chi connectivity index (χ3n) is 3.75. The predicted molar refractivity (Wildman–Crippen MR) is 93.3 cm³/mol. The molecule has 0 aliphatic carbocycles. The number of nitrogens with zero attached hydrogens (tertiary/aromatic N) is 3. The first-order valence-corrected chi connectivity index (χ1v) is 7.91. The van der Waals surface area contributed by atoms with Crippen LogP contribution in [0.2, 0.25) is 5.02 Å². The third kappa shape index (κ3) is 3.38. The fourth-order valence-electron chi connectivity index (χ4n) is 2.47. The van der Waals surface area contributed by atoms with Crippen LogP contribution in [0.25, 0.3) is 11.0 Å². The standard InChI is InChI=1S/C17H16ClFN4O/c1-11(12-2-5-14(18)6-3-12)21-17-20-10-13-4-7-15(24)23(9-8-19)16(13)22-17/h2-7,10-11H,8-9H2,1H3,(H,20,21,22)/t11-/m0/s1. The highest BCUT2D eigenvalue weighted by molar-refractivity contribution is 6.30. The number of hydrogen-bond donors (Lipinski definition) is 1. The van der Waals surface area contributed by atoms with Gasteiger partial charge in [-0.3, -0.25) is 9.36 Å². The highest BCUT2D eigenvalue weighted by Gasteiger charge is 2.10. The molecular weight excluding hydrogens is 331 g/mol. The van der Waals surface area contributed by atoms with Crippen molar-refractivity contribution in [1.29, 1.82) is 0 Å². The molecule has 1 N–H and O–H groups in total. The Balaban J connectivity index is 1.93. The van der Waals surface area contributed by atoms with Crippen LogP contribution >= 0.6 is 11.6 Å². The summed E-state index contributed by atoms with van der Waals surface area (Å²) in [7, 11) is 0. The van der Waals surface area contributed by atoms with Crippen LogP contribution in [0, 0.1) is 0 Å². The number of benzene rings is 1. The minimum atomic E-state index is -0.632. The molecule has 124 valence electrons. The predicted octanol–water partition coefficient (Wildman–Crippen LogP) is 3.59. The second-order valence-corrected chi connectivity index (χ2v) is 5.84. The Morgan fingerprint density at radius 3 is 2.71 bits per heavy atom. The van der Waals surface area contributed by atoms with E-state index in [2.05, 4.69) is 15.3 Å². The molecule has 3 rings (SSSR count).